The van der Waals surface area contributed by atoms with E-state index in [4.69, 9.17) is 9.40 Å². The highest BCUT2D eigenvalue weighted by atomic mass is 16.3. The van der Waals surface area contributed by atoms with Crippen LogP contribution in [0.3, 0.4) is 0 Å². The van der Waals surface area contributed by atoms with Crippen LogP contribution in [0.25, 0.3) is 45.2 Å². The lowest BCUT2D eigenvalue weighted by molar-refractivity contribution is 0.0990. The largest absolute Gasteiger partial charge is 0.434 e. The predicted molar refractivity (Wildman–Crippen MR) is 137 cm³/mol. The summed E-state index contributed by atoms with van der Waals surface area (Å²) in [6.07, 6.45) is 5.02. The first kappa shape index (κ1) is 20.3. The number of carbonyl (C=O) groups excluding carboxylic acids is 2. The van der Waals surface area contributed by atoms with Crippen LogP contribution in [-0.2, 0) is 0 Å². The van der Waals surface area contributed by atoms with Gasteiger partial charge in [-0.15, -0.1) is 0 Å². The summed E-state index contributed by atoms with van der Waals surface area (Å²) in [7, 11) is 0. The number of aromatic nitrogens is 3. The zero-order valence-electron chi connectivity index (χ0n) is 18.9. The minimum absolute atomic E-state index is 0.119. The Morgan fingerprint density at radius 3 is 2.14 bits per heavy atom. The van der Waals surface area contributed by atoms with Crippen LogP contribution < -0.4 is 0 Å². The summed E-state index contributed by atoms with van der Waals surface area (Å²) in [6, 6.07) is 26.5. The lowest BCUT2D eigenvalue weighted by Gasteiger charge is -2.06. The van der Waals surface area contributed by atoms with Crippen molar-refractivity contribution in [2.24, 2.45) is 0 Å². The maximum atomic E-state index is 13.3. The van der Waals surface area contributed by atoms with E-state index in [1.807, 2.05) is 71.3 Å². The van der Waals surface area contributed by atoms with Crippen molar-refractivity contribution >= 4 is 39.6 Å². The van der Waals surface area contributed by atoms with Crippen molar-refractivity contribution in [3.63, 3.8) is 0 Å². The summed E-state index contributed by atoms with van der Waals surface area (Å²) >= 11 is 0. The van der Waals surface area contributed by atoms with Gasteiger partial charge in [0.15, 0.2) is 22.8 Å². The van der Waals surface area contributed by atoms with Crippen LogP contribution in [-0.4, -0.2) is 26.1 Å². The molecule has 7 rings (SSSR count). The van der Waals surface area contributed by atoms with Crippen molar-refractivity contribution in [3.8, 4) is 17.1 Å². The average molecular weight is 467 g/mol. The molecule has 3 aromatic carbocycles. The minimum atomic E-state index is -0.283. The van der Waals surface area contributed by atoms with Crippen LogP contribution in [0.2, 0.25) is 0 Å². The number of carbonyl (C=O) groups is 2. The molecular weight excluding hydrogens is 450 g/mol. The summed E-state index contributed by atoms with van der Waals surface area (Å²) in [5.41, 5.74) is 4.31. The lowest BCUT2D eigenvalue weighted by atomic mass is 10.0. The number of allylic oxidation sites excluding steroid dienone is 1. The van der Waals surface area contributed by atoms with Crippen molar-refractivity contribution in [3.05, 3.63) is 120 Å². The molecule has 0 fully saturated rings. The molecule has 36 heavy (non-hydrogen) atoms. The molecule has 0 bridgehead atoms. The third-order valence-electron chi connectivity index (χ3n) is 6.46. The summed E-state index contributed by atoms with van der Waals surface area (Å²) in [6.45, 7) is 0. The van der Waals surface area contributed by atoms with Gasteiger partial charge >= 0.3 is 0 Å². The molecule has 0 aliphatic heterocycles. The Balaban J connectivity index is 1.40. The molecule has 0 saturated heterocycles. The van der Waals surface area contributed by atoms with Gasteiger partial charge in [-0.05, 0) is 53.2 Å². The van der Waals surface area contributed by atoms with Crippen molar-refractivity contribution in [2.45, 2.75) is 0 Å². The van der Waals surface area contributed by atoms with E-state index in [2.05, 4.69) is 4.98 Å². The fraction of sp³-hybridized carbons (Fsp3) is 0. The summed E-state index contributed by atoms with van der Waals surface area (Å²) in [5, 5.41) is 1.85. The van der Waals surface area contributed by atoms with E-state index in [1.165, 1.54) is 0 Å². The van der Waals surface area contributed by atoms with Crippen LogP contribution in [0.5, 0.6) is 0 Å². The first-order chi connectivity index (χ1) is 17.7. The second-order valence-corrected chi connectivity index (χ2v) is 8.65. The maximum absolute atomic E-state index is 13.3. The number of nitrogens with zero attached hydrogens (tertiary/aromatic N) is 3. The van der Waals surface area contributed by atoms with E-state index in [-0.39, 0.29) is 17.1 Å². The van der Waals surface area contributed by atoms with E-state index in [0.717, 1.165) is 22.0 Å². The molecular formula is C30H17N3O3. The van der Waals surface area contributed by atoms with Gasteiger partial charge in [0.2, 0.25) is 5.89 Å². The Labute approximate surface area is 205 Å². The average Bonchev–Trinajstić information content (AvgIpc) is 3.55. The highest BCUT2D eigenvalue weighted by Crippen LogP contribution is 2.34. The van der Waals surface area contributed by atoms with E-state index in [9.17, 15) is 9.59 Å². The SMILES string of the molecule is O=C1C(=Cc2cc3oc(-c4ccccc4)nc3n2-c2cccnc2)C(=O)c2cc3ccccc3cc21. The Morgan fingerprint density at radius 2 is 1.47 bits per heavy atom. The molecule has 0 radical (unpaired) electrons. The van der Waals surface area contributed by atoms with Gasteiger partial charge in [-0.25, -0.2) is 0 Å². The zero-order valence-corrected chi connectivity index (χ0v) is 18.9. The van der Waals surface area contributed by atoms with Crippen molar-refractivity contribution in [1.29, 1.82) is 0 Å². The smallest absolute Gasteiger partial charge is 0.228 e. The Bertz CT molecular complexity index is 1810. The number of rotatable bonds is 3. The highest BCUT2D eigenvalue weighted by Gasteiger charge is 2.34. The lowest BCUT2D eigenvalue weighted by Crippen LogP contribution is -2.03. The monoisotopic (exact) mass is 467 g/mol. The van der Waals surface area contributed by atoms with E-state index >= 15 is 0 Å². The van der Waals surface area contributed by atoms with E-state index < -0.39 is 0 Å². The van der Waals surface area contributed by atoms with Crippen molar-refractivity contribution in [2.75, 3.05) is 0 Å². The normalized spacial score (nSPS) is 13.1. The fourth-order valence-corrected chi connectivity index (χ4v) is 4.76. The summed E-state index contributed by atoms with van der Waals surface area (Å²) in [4.78, 5) is 35.7. The highest BCUT2D eigenvalue weighted by molar-refractivity contribution is 6.42. The molecule has 0 saturated carbocycles. The van der Waals surface area contributed by atoms with Gasteiger partial charge < -0.3 is 4.42 Å². The van der Waals surface area contributed by atoms with Gasteiger partial charge in [-0.1, -0.05) is 42.5 Å². The molecule has 0 atom stereocenters. The van der Waals surface area contributed by atoms with Crippen LogP contribution in [0.1, 0.15) is 26.4 Å². The van der Waals surface area contributed by atoms with Gasteiger partial charge in [0, 0.05) is 29.0 Å². The molecule has 6 nitrogen and oxygen atoms in total. The summed E-state index contributed by atoms with van der Waals surface area (Å²) in [5.74, 6) is -0.0759. The van der Waals surface area contributed by atoms with Gasteiger partial charge in [0.1, 0.15) is 0 Å². The molecule has 3 aromatic heterocycles. The molecule has 0 unspecified atom stereocenters. The van der Waals surface area contributed by atoms with Gasteiger partial charge in [-0.2, -0.15) is 4.98 Å². The van der Waals surface area contributed by atoms with E-state index in [1.54, 1.807) is 36.7 Å². The van der Waals surface area contributed by atoms with Crippen molar-refractivity contribution in [1.82, 2.24) is 14.5 Å². The first-order valence-corrected chi connectivity index (χ1v) is 11.5. The Hall–Kier alpha value is -5.10. The molecule has 1 aliphatic rings. The van der Waals surface area contributed by atoms with Gasteiger partial charge in [0.25, 0.3) is 0 Å². The number of ketones is 2. The number of hydrogen-bond acceptors (Lipinski definition) is 5. The van der Waals surface area contributed by atoms with Gasteiger partial charge in [0.05, 0.1) is 23.2 Å². The second-order valence-electron chi connectivity index (χ2n) is 8.65. The molecule has 0 amide bonds. The first-order valence-electron chi connectivity index (χ1n) is 11.5. The van der Waals surface area contributed by atoms with Crippen LogP contribution in [0, 0.1) is 0 Å². The number of benzene rings is 3. The van der Waals surface area contributed by atoms with Crippen LogP contribution >= 0.6 is 0 Å². The number of Topliss-reactive ketones (excluding diaryl/α,β-unsaturated/α-hetero) is 2. The number of oxazole rings is 1. The maximum Gasteiger partial charge on any atom is 0.228 e. The predicted octanol–water partition coefficient (Wildman–Crippen LogP) is 6.30. The van der Waals surface area contributed by atoms with Crippen molar-refractivity contribution < 1.29 is 14.0 Å². The molecule has 6 heteroatoms. The fourth-order valence-electron chi connectivity index (χ4n) is 4.76. The number of pyridine rings is 1. The quantitative estimate of drug-likeness (QED) is 0.226. The molecule has 0 spiro atoms. The zero-order chi connectivity index (χ0) is 24.2. The second kappa shape index (κ2) is 7.71. The third-order valence-corrected chi connectivity index (χ3v) is 6.46. The molecule has 3 heterocycles. The minimum Gasteiger partial charge on any atom is -0.434 e. The van der Waals surface area contributed by atoms with E-state index in [0.29, 0.717) is 33.9 Å². The number of hydrogen-bond donors (Lipinski definition) is 0. The van der Waals surface area contributed by atoms with Gasteiger partial charge in [-0.3, -0.25) is 19.1 Å². The third kappa shape index (κ3) is 3.05. The number of fused-ring (bicyclic) bond motifs is 3. The van der Waals surface area contributed by atoms with Crippen LogP contribution in [0.4, 0.5) is 0 Å². The standard InChI is InChI=1S/C30H17N3O3/c34-27-23-13-19-9-4-5-10-20(19)14-24(23)28(35)25(27)15-22-16-26-29(33(22)21-11-6-12-31-17-21)32-30(36-26)18-7-2-1-3-8-18/h1-17H. The topological polar surface area (TPSA) is 78.0 Å². The molecule has 0 N–H and O–H groups in total. The summed E-state index contributed by atoms with van der Waals surface area (Å²) < 4.78 is 7.93. The van der Waals surface area contributed by atoms with Crippen LogP contribution in [0.15, 0.2) is 107 Å². The molecule has 170 valence electrons. The molecule has 6 aromatic rings. The Morgan fingerprint density at radius 1 is 0.778 bits per heavy atom. The Kier molecular flexibility index (Phi) is 4.35. The molecule has 1 aliphatic carbocycles.